The van der Waals surface area contributed by atoms with Crippen LogP contribution in [0.15, 0.2) is 17.5 Å². The number of hydrogen-bond acceptors (Lipinski definition) is 5. The standard InChI is InChI=1S/C19H27N3O3S/c23-18(22-7-1-4-15(22)17-6-3-13-26-17)14-20-8-10-21(11-9-20)19(24)16-5-2-12-25-16/h3,6,13,15-16H,1-2,4-5,7-12,14H2/t15-,16-/m0/s1. The van der Waals surface area contributed by atoms with Gasteiger partial charge in [0.15, 0.2) is 0 Å². The molecule has 0 saturated carbocycles. The lowest BCUT2D eigenvalue weighted by molar-refractivity contribution is -0.143. The first-order valence-electron chi connectivity index (χ1n) is 9.68. The molecule has 4 rings (SSSR count). The van der Waals surface area contributed by atoms with Crippen molar-refractivity contribution in [2.75, 3.05) is 45.9 Å². The van der Waals surface area contributed by atoms with Crippen molar-refractivity contribution in [3.63, 3.8) is 0 Å². The minimum atomic E-state index is -0.237. The van der Waals surface area contributed by atoms with E-state index in [9.17, 15) is 9.59 Å². The number of hydrogen-bond donors (Lipinski definition) is 0. The number of nitrogens with zero attached hydrogens (tertiary/aromatic N) is 3. The van der Waals surface area contributed by atoms with Crippen molar-refractivity contribution in [1.82, 2.24) is 14.7 Å². The molecule has 4 heterocycles. The fourth-order valence-corrected chi connectivity index (χ4v) is 5.10. The largest absolute Gasteiger partial charge is 0.368 e. The topological polar surface area (TPSA) is 53.1 Å². The van der Waals surface area contributed by atoms with Gasteiger partial charge in [-0.15, -0.1) is 11.3 Å². The van der Waals surface area contributed by atoms with Crippen molar-refractivity contribution in [3.05, 3.63) is 22.4 Å². The molecule has 3 aliphatic rings. The maximum absolute atomic E-state index is 12.8. The predicted molar refractivity (Wildman–Crippen MR) is 100 cm³/mol. The van der Waals surface area contributed by atoms with Crippen LogP contribution in [-0.4, -0.2) is 78.5 Å². The van der Waals surface area contributed by atoms with Gasteiger partial charge in [0.25, 0.3) is 5.91 Å². The molecule has 1 aromatic rings. The molecule has 2 atom stereocenters. The summed E-state index contributed by atoms with van der Waals surface area (Å²) in [5.41, 5.74) is 0. The lowest BCUT2D eigenvalue weighted by Crippen LogP contribution is -2.53. The molecule has 0 unspecified atom stereocenters. The van der Waals surface area contributed by atoms with E-state index in [1.54, 1.807) is 11.3 Å². The van der Waals surface area contributed by atoms with Gasteiger partial charge in [0.2, 0.25) is 5.91 Å². The van der Waals surface area contributed by atoms with Gasteiger partial charge in [-0.1, -0.05) is 6.07 Å². The van der Waals surface area contributed by atoms with Crippen LogP contribution in [0.4, 0.5) is 0 Å². The second kappa shape index (κ2) is 8.06. The zero-order valence-electron chi connectivity index (χ0n) is 15.1. The molecule has 0 radical (unpaired) electrons. The van der Waals surface area contributed by atoms with Crippen molar-refractivity contribution in [1.29, 1.82) is 0 Å². The number of carbonyl (C=O) groups is 2. The molecule has 6 nitrogen and oxygen atoms in total. The zero-order valence-corrected chi connectivity index (χ0v) is 16.0. The fourth-order valence-electron chi connectivity index (χ4n) is 4.23. The zero-order chi connectivity index (χ0) is 17.9. The first-order chi connectivity index (χ1) is 12.7. The maximum atomic E-state index is 12.8. The summed E-state index contributed by atoms with van der Waals surface area (Å²) < 4.78 is 5.51. The van der Waals surface area contributed by atoms with E-state index >= 15 is 0 Å². The van der Waals surface area contributed by atoms with Gasteiger partial charge in [-0.3, -0.25) is 14.5 Å². The van der Waals surface area contributed by atoms with Crippen LogP contribution in [0.2, 0.25) is 0 Å². The first kappa shape index (κ1) is 17.9. The third-order valence-electron chi connectivity index (χ3n) is 5.69. The number of piperazine rings is 1. The van der Waals surface area contributed by atoms with E-state index in [-0.39, 0.29) is 24.0 Å². The summed E-state index contributed by atoms with van der Waals surface area (Å²) in [6.45, 7) is 4.94. The average Bonchev–Trinajstić information content (AvgIpc) is 3.43. The quantitative estimate of drug-likeness (QED) is 0.802. The fraction of sp³-hybridized carbons (Fsp3) is 0.684. The Morgan fingerprint density at radius 2 is 1.96 bits per heavy atom. The number of likely N-dealkylation sites (tertiary alicyclic amines) is 1. The normalized spacial score (nSPS) is 27.2. The second-order valence-corrected chi connectivity index (χ2v) is 8.34. The molecule has 3 aliphatic heterocycles. The molecule has 0 spiro atoms. The van der Waals surface area contributed by atoms with Crippen LogP contribution in [-0.2, 0) is 14.3 Å². The first-order valence-corrected chi connectivity index (χ1v) is 10.6. The van der Waals surface area contributed by atoms with Gasteiger partial charge in [0, 0.05) is 44.2 Å². The van der Waals surface area contributed by atoms with Gasteiger partial charge in [0.1, 0.15) is 6.10 Å². The van der Waals surface area contributed by atoms with E-state index in [0.29, 0.717) is 26.2 Å². The Labute approximate surface area is 158 Å². The smallest absolute Gasteiger partial charge is 0.251 e. The number of amides is 2. The van der Waals surface area contributed by atoms with E-state index in [2.05, 4.69) is 27.3 Å². The van der Waals surface area contributed by atoms with Crippen LogP contribution in [0.3, 0.4) is 0 Å². The van der Waals surface area contributed by atoms with Crippen molar-refractivity contribution in [3.8, 4) is 0 Å². The third-order valence-corrected chi connectivity index (χ3v) is 6.67. The Kier molecular flexibility index (Phi) is 5.57. The molecular formula is C19H27N3O3S. The number of thiophene rings is 1. The van der Waals surface area contributed by atoms with Gasteiger partial charge < -0.3 is 14.5 Å². The van der Waals surface area contributed by atoms with Gasteiger partial charge in [-0.25, -0.2) is 0 Å². The minimum Gasteiger partial charge on any atom is -0.368 e. The highest BCUT2D eigenvalue weighted by Crippen LogP contribution is 2.34. The Bertz CT molecular complexity index is 622. The van der Waals surface area contributed by atoms with E-state index in [1.807, 2.05) is 4.90 Å². The molecule has 142 valence electrons. The van der Waals surface area contributed by atoms with Crippen LogP contribution in [0.5, 0.6) is 0 Å². The molecule has 26 heavy (non-hydrogen) atoms. The molecule has 0 N–H and O–H groups in total. The highest BCUT2D eigenvalue weighted by molar-refractivity contribution is 7.10. The van der Waals surface area contributed by atoms with Gasteiger partial charge in [-0.2, -0.15) is 0 Å². The monoisotopic (exact) mass is 377 g/mol. The number of rotatable bonds is 4. The van der Waals surface area contributed by atoms with Crippen LogP contribution in [0.1, 0.15) is 36.6 Å². The molecule has 0 bridgehead atoms. The Morgan fingerprint density at radius 1 is 1.12 bits per heavy atom. The van der Waals surface area contributed by atoms with Gasteiger partial charge in [0.05, 0.1) is 12.6 Å². The molecule has 0 aliphatic carbocycles. The van der Waals surface area contributed by atoms with Crippen molar-refractivity contribution in [2.45, 2.75) is 37.8 Å². The van der Waals surface area contributed by atoms with Crippen molar-refractivity contribution >= 4 is 23.2 Å². The Balaban J connectivity index is 1.27. The Hall–Kier alpha value is -1.44. The van der Waals surface area contributed by atoms with E-state index in [1.165, 1.54) is 4.88 Å². The van der Waals surface area contributed by atoms with E-state index in [4.69, 9.17) is 4.74 Å². The van der Waals surface area contributed by atoms with Gasteiger partial charge >= 0.3 is 0 Å². The highest BCUT2D eigenvalue weighted by atomic mass is 32.1. The number of carbonyl (C=O) groups excluding carboxylic acids is 2. The molecule has 3 saturated heterocycles. The summed E-state index contributed by atoms with van der Waals surface area (Å²) in [5.74, 6) is 0.352. The lowest BCUT2D eigenvalue weighted by Gasteiger charge is -2.36. The van der Waals surface area contributed by atoms with Crippen LogP contribution >= 0.6 is 11.3 Å². The van der Waals surface area contributed by atoms with E-state index < -0.39 is 0 Å². The van der Waals surface area contributed by atoms with Gasteiger partial charge in [-0.05, 0) is 37.1 Å². The molecule has 0 aromatic carbocycles. The van der Waals surface area contributed by atoms with Crippen LogP contribution in [0.25, 0.3) is 0 Å². The summed E-state index contributed by atoms with van der Waals surface area (Å²) >= 11 is 1.74. The lowest BCUT2D eigenvalue weighted by atomic mass is 10.2. The number of ether oxygens (including phenoxy) is 1. The summed E-state index contributed by atoms with van der Waals surface area (Å²) in [6, 6.07) is 4.45. The average molecular weight is 378 g/mol. The molecule has 2 amide bonds. The second-order valence-electron chi connectivity index (χ2n) is 7.36. The molecule has 7 heteroatoms. The summed E-state index contributed by atoms with van der Waals surface area (Å²) in [6.07, 6.45) is 3.73. The maximum Gasteiger partial charge on any atom is 0.251 e. The van der Waals surface area contributed by atoms with Crippen LogP contribution in [0, 0.1) is 0 Å². The summed E-state index contributed by atoms with van der Waals surface area (Å²) in [4.78, 5) is 32.7. The SMILES string of the molecule is O=C([C@@H]1CCCO1)N1CCN(CC(=O)N2CCC[C@H]2c2cccs2)CC1. The van der Waals surface area contributed by atoms with E-state index in [0.717, 1.165) is 45.3 Å². The molecule has 1 aromatic heterocycles. The predicted octanol–water partition coefficient (Wildman–Crippen LogP) is 1.73. The molecule has 3 fully saturated rings. The summed E-state index contributed by atoms with van der Waals surface area (Å²) in [7, 11) is 0. The van der Waals surface area contributed by atoms with Crippen LogP contribution < -0.4 is 0 Å². The molecular weight excluding hydrogens is 350 g/mol. The van der Waals surface area contributed by atoms with Crippen molar-refractivity contribution < 1.29 is 14.3 Å². The minimum absolute atomic E-state index is 0.130. The summed E-state index contributed by atoms with van der Waals surface area (Å²) in [5, 5.41) is 2.08. The third kappa shape index (κ3) is 3.80. The Morgan fingerprint density at radius 3 is 2.65 bits per heavy atom. The van der Waals surface area contributed by atoms with Crippen molar-refractivity contribution in [2.24, 2.45) is 0 Å². The highest BCUT2D eigenvalue weighted by Gasteiger charge is 2.33.